The van der Waals surface area contributed by atoms with E-state index in [0.717, 1.165) is 24.3 Å². The fourth-order valence-corrected chi connectivity index (χ4v) is 3.14. The number of hydrogen-bond acceptors (Lipinski definition) is 5. The lowest BCUT2D eigenvalue weighted by Gasteiger charge is -2.20. The summed E-state index contributed by atoms with van der Waals surface area (Å²) >= 11 is 0. The number of aromatic nitrogens is 3. The van der Waals surface area contributed by atoms with Crippen LogP contribution in [-0.2, 0) is 7.05 Å². The maximum atomic E-state index is 12.5. The summed E-state index contributed by atoms with van der Waals surface area (Å²) in [6.07, 6.45) is 5.18. The molecule has 1 amide bonds. The van der Waals surface area contributed by atoms with E-state index in [4.69, 9.17) is 0 Å². The number of rotatable bonds is 3. The van der Waals surface area contributed by atoms with Crippen LogP contribution < -0.4 is 5.32 Å². The number of hydrogen-bond donors (Lipinski definition) is 2. The molecule has 7 nitrogen and oxygen atoms in total. The minimum atomic E-state index is -0.352. The van der Waals surface area contributed by atoms with Gasteiger partial charge in [-0.25, -0.2) is 9.97 Å². The number of carbonyl (C=O) groups is 1. The third-order valence-corrected chi connectivity index (χ3v) is 4.27. The van der Waals surface area contributed by atoms with Gasteiger partial charge in [0.2, 0.25) is 0 Å². The van der Waals surface area contributed by atoms with Gasteiger partial charge in [-0.05, 0) is 25.6 Å². The maximum Gasteiger partial charge on any atom is 0.274 e. The monoisotopic (exact) mass is 315 g/mol. The number of likely N-dealkylation sites (tertiary alicyclic amines) is 1. The average molecular weight is 315 g/mol. The molecule has 0 spiro atoms. The van der Waals surface area contributed by atoms with Gasteiger partial charge >= 0.3 is 0 Å². The molecule has 122 valence electrons. The van der Waals surface area contributed by atoms with E-state index in [0.29, 0.717) is 0 Å². The molecule has 0 unspecified atom stereocenters. The molecule has 0 radical (unpaired) electrons. The van der Waals surface area contributed by atoms with E-state index >= 15 is 0 Å². The van der Waals surface area contributed by atoms with Crippen LogP contribution in [0.5, 0.6) is 5.75 Å². The lowest BCUT2D eigenvalue weighted by molar-refractivity contribution is 0.0927. The predicted octanol–water partition coefficient (Wildman–Crippen LogP) is 0.657. The summed E-state index contributed by atoms with van der Waals surface area (Å²) in [7, 11) is 3.98. The van der Waals surface area contributed by atoms with Gasteiger partial charge in [-0.2, -0.15) is 0 Å². The molecule has 7 heteroatoms. The summed E-state index contributed by atoms with van der Waals surface area (Å²) in [6, 6.07) is 1.49. The smallest absolute Gasteiger partial charge is 0.274 e. The molecule has 2 aromatic heterocycles. The molecule has 1 fully saturated rings. The lowest BCUT2D eigenvalue weighted by Crippen LogP contribution is -2.40. The molecule has 3 heterocycles. The van der Waals surface area contributed by atoms with Gasteiger partial charge in [0.25, 0.3) is 5.91 Å². The second-order valence-corrected chi connectivity index (χ2v) is 6.22. The van der Waals surface area contributed by atoms with Crippen LogP contribution in [0.4, 0.5) is 0 Å². The predicted molar refractivity (Wildman–Crippen MR) is 85.3 cm³/mol. The Morgan fingerprint density at radius 1 is 1.35 bits per heavy atom. The Kier molecular flexibility index (Phi) is 4.04. The van der Waals surface area contributed by atoms with Crippen molar-refractivity contribution in [2.24, 2.45) is 7.05 Å². The quantitative estimate of drug-likeness (QED) is 0.869. The Morgan fingerprint density at radius 2 is 2.13 bits per heavy atom. The van der Waals surface area contributed by atoms with Gasteiger partial charge in [-0.3, -0.25) is 4.79 Å². The molecule has 23 heavy (non-hydrogen) atoms. The number of likely N-dealkylation sites (N-methyl/N-ethyl adjacent to an activating group) is 1. The number of nitrogens with one attached hydrogen (secondary N) is 1. The molecule has 3 rings (SSSR count). The van der Waals surface area contributed by atoms with Crippen molar-refractivity contribution in [3.63, 3.8) is 0 Å². The van der Waals surface area contributed by atoms with Gasteiger partial charge in [0.15, 0.2) is 5.69 Å². The third-order valence-electron chi connectivity index (χ3n) is 4.27. The van der Waals surface area contributed by atoms with Gasteiger partial charge < -0.3 is 19.9 Å². The van der Waals surface area contributed by atoms with Crippen molar-refractivity contribution < 1.29 is 9.90 Å². The Labute approximate surface area is 135 Å². The van der Waals surface area contributed by atoms with E-state index in [2.05, 4.69) is 20.2 Å². The zero-order valence-corrected chi connectivity index (χ0v) is 13.5. The zero-order chi connectivity index (χ0) is 16.6. The highest BCUT2D eigenvalue weighted by Gasteiger charge is 2.35. The summed E-state index contributed by atoms with van der Waals surface area (Å²) in [5.41, 5.74) is 1.96. The van der Waals surface area contributed by atoms with E-state index in [9.17, 15) is 9.90 Å². The number of nitrogens with zero attached hydrogens (tertiary/aromatic N) is 4. The van der Waals surface area contributed by atoms with Crippen LogP contribution in [0.3, 0.4) is 0 Å². The summed E-state index contributed by atoms with van der Waals surface area (Å²) in [5, 5.41) is 12.9. The van der Waals surface area contributed by atoms with Crippen LogP contribution in [0, 0.1) is 6.92 Å². The Balaban J connectivity index is 1.80. The summed E-state index contributed by atoms with van der Waals surface area (Å²) in [5.74, 6) is -0.287. The SMILES string of the molecule is Cc1cnc(C(=O)N[C@@H]2CN(C)C[C@H]2c2cncn2C)c(O)c1. The number of aryl methyl sites for hydroxylation is 2. The van der Waals surface area contributed by atoms with Gasteiger partial charge in [-0.1, -0.05) is 0 Å². The van der Waals surface area contributed by atoms with E-state index in [1.165, 1.54) is 0 Å². The molecule has 2 N–H and O–H groups in total. The fourth-order valence-electron chi connectivity index (χ4n) is 3.14. The van der Waals surface area contributed by atoms with Crippen molar-refractivity contribution in [3.05, 3.63) is 41.7 Å². The number of pyridine rings is 1. The van der Waals surface area contributed by atoms with Crippen LogP contribution in [0.2, 0.25) is 0 Å². The topological polar surface area (TPSA) is 83.3 Å². The number of amides is 1. The van der Waals surface area contributed by atoms with E-state index in [1.54, 1.807) is 18.6 Å². The summed E-state index contributed by atoms with van der Waals surface area (Å²) in [4.78, 5) is 22.9. The second-order valence-electron chi connectivity index (χ2n) is 6.22. The van der Waals surface area contributed by atoms with Gasteiger partial charge in [0.1, 0.15) is 5.75 Å². The Bertz CT molecular complexity index is 727. The van der Waals surface area contributed by atoms with Crippen molar-refractivity contribution in [1.29, 1.82) is 0 Å². The van der Waals surface area contributed by atoms with Crippen LogP contribution in [0.1, 0.15) is 27.7 Å². The molecular weight excluding hydrogens is 294 g/mol. The first kappa shape index (κ1) is 15.5. The first-order valence-corrected chi connectivity index (χ1v) is 7.57. The van der Waals surface area contributed by atoms with Gasteiger partial charge in [0.05, 0.1) is 12.4 Å². The molecule has 1 saturated heterocycles. The molecule has 2 aromatic rings. The number of imidazole rings is 1. The molecule has 0 bridgehead atoms. The number of aromatic hydroxyl groups is 1. The molecule has 0 aliphatic carbocycles. The molecule has 0 aromatic carbocycles. The molecule has 1 aliphatic heterocycles. The largest absolute Gasteiger partial charge is 0.505 e. The third kappa shape index (κ3) is 3.05. The average Bonchev–Trinajstić information content (AvgIpc) is 3.04. The first-order valence-electron chi connectivity index (χ1n) is 7.57. The zero-order valence-electron chi connectivity index (χ0n) is 13.5. The first-order chi connectivity index (χ1) is 11.0. The van der Waals surface area contributed by atoms with E-state index < -0.39 is 0 Å². The van der Waals surface area contributed by atoms with Gasteiger partial charge in [0, 0.05) is 44.1 Å². The second kappa shape index (κ2) is 6.00. The van der Waals surface area contributed by atoms with Crippen LogP contribution >= 0.6 is 0 Å². The Hall–Kier alpha value is -2.41. The Morgan fingerprint density at radius 3 is 2.78 bits per heavy atom. The molecule has 0 saturated carbocycles. The van der Waals surface area contributed by atoms with Gasteiger partial charge in [-0.15, -0.1) is 0 Å². The van der Waals surface area contributed by atoms with Crippen LogP contribution in [0.15, 0.2) is 24.8 Å². The lowest BCUT2D eigenvalue weighted by atomic mass is 10.00. The van der Waals surface area contributed by atoms with Crippen molar-refractivity contribution in [2.45, 2.75) is 18.9 Å². The molecule has 2 atom stereocenters. The fraction of sp³-hybridized carbons (Fsp3) is 0.438. The van der Waals surface area contributed by atoms with Crippen LogP contribution in [-0.4, -0.2) is 56.6 Å². The minimum absolute atomic E-state index is 0.0506. The summed E-state index contributed by atoms with van der Waals surface area (Å²) in [6.45, 7) is 3.41. The maximum absolute atomic E-state index is 12.5. The van der Waals surface area contributed by atoms with Crippen molar-refractivity contribution in [2.75, 3.05) is 20.1 Å². The normalized spacial score (nSPS) is 21.5. The van der Waals surface area contributed by atoms with Crippen LogP contribution in [0.25, 0.3) is 0 Å². The minimum Gasteiger partial charge on any atom is -0.505 e. The summed E-state index contributed by atoms with van der Waals surface area (Å²) < 4.78 is 1.98. The highest BCUT2D eigenvalue weighted by molar-refractivity contribution is 5.95. The van der Waals surface area contributed by atoms with E-state index in [-0.39, 0.29) is 29.3 Å². The standard InChI is InChI=1S/C16H21N5O2/c1-10-4-14(22)15(18-5-10)16(23)19-12-8-20(2)7-11(12)13-6-17-9-21(13)3/h4-6,9,11-12,22H,7-8H2,1-3H3,(H,19,23)/t11-,12-/m1/s1. The van der Waals surface area contributed by atoms with Crippen molar-refractivity contribution in [1.82, 2.24) is 24.8 Å². The van der Waals surface area contributed by atoms with Crippen molar-refractivity contribution >= 4 is 5.91 Å². The van der Waals surface area contributed by atoms with E-state index in [1.807, 2.05) is 31.8 Å². The number of carbonyl (C=O) groups excluding carboxylic acids is 1. The highest BCUT2D eigenvalue weighted by Crippen LogP contribution is 2.27. The van der Waals surface area contributed by atoms with Crippen molar-refractivity contribution in [3.8, 4) is 5.75 Å². The molecule has 1 aliphatic rings. The molecular formula is C16H21N5O2. The highest BCUT2D eigenvalue weighted by atomic mass is 16.3.